The maximum atomic E-state index is 12.2. The number of methoxy groups -OCH3 is 1. The van der Waals surface area contributed by atoms with E-state index in [0.717, 1.165) is 25.7 Å². The van der Waals surface area contributed by atoms with Crippen molar-refractivity contribution < 1.29 is 14.6 Å². The highest BCUT2D eigenvalue weighted by atomic mass is 16.5. The van der Waals surface area contributed by atoms with Crippen LogP contribution in [-0.2, 0) is 4.74 Å². The molecule has 1 saturated carbocycles. The molecule has 0 aromatic carbocycles. The second-order valence-electron chi connectivity index (χ2n) is 5.63. The number of rotatable bonds is 3. The number of carbonyl (C=O) groups is 1. The van der Waals surface area contributed by atoms with Crippen LogP contribution in [0.3, 0.4) is 0 Å². The van der Waals surface area contributed by atoms with Crippen molar-refractivity contribution in [3.63, 3.8) is 0 Å². The molecule has 22 heavy (non-hydrogen) atoms. The zero-order valence-corrected chi connectivity index (χ0v) is 12.4. The Labute approximate surface area is 127 Å². The summed E-state index contributed by atoms with van der Waals surface area (Å²) < 4.78 is 7.23. The second-order valence-corrected chi connectivity index (χ2v) is 5.63. The van der Waals surface area contributed by atoms with Crippen LogP contribution in [-0.4, -0.2) is 33.8 Å². The van der Waals surface area contributed by atoms with Crippen molar-refractivity contribution in [3.05, 3.63) is 40.3 Å². The average molecular weight is 302 g/mol. The summed E-state index contributed by atoms with van der Waals surface area (Å²) in [7, 11) is 1.71. The first-order valence-electron chi connectivity index (χ1n) is 7.37. The second kappa shape index (κ2) is 5.88. The van der Waals surface area contributed by atoms with Gasteiger partial charge in [-0.25, -0.2) is 9.78 Å². The molecule has 1 N–H and O–H groups in total. The summed E-state index contributed by atoms with van der Waals surface area (Å²) in [6.07, 6.45) is 6.93. The van der Waals surface area contributed by atoms with Gasteiger partial charge in [-0.05, 0) is 37.8 Å². The SMILES string of the molecule is CO[C@H]1CC[C@H](n2cc(C(=O)O)c(=O)c3cccnc32)CC1. The Kier molecular flexibility index (Phi) is 3.94. The van der Waals surface area contributed by atoms with Crippen LogP contribution in [0, 0.1) is 0 Å². The van der Waals surface area contributed by atoms with E-state index in [1.54, 1.807) is 25.4 Å². The smallest absolute Gasteiger partial charge is 0.341 e. The summed E-state index contributed by atoms with van der Waals surface area (Å²) in [5.41, 5.74) is -0.120. The van der Waals surface area contributed by atoms with E-state index in [0.29, 0.717) is 11.0 Å². The summed E-state index contributed by atoms with van der Waals surface area (Å²) in [6, 6.07) is 3.43. The highest BCUT2D eigenvalue weighted by molar-refractivity contribution is 5.91. The highest BCUT2D eigenvalue weighted by Gasteiger charge is 2.25. The predicted octanol–water partition coefficient (Wildman–Crippen LogP) is 2.22. The van der Waals surface area contributed by atoms with Crippen LogP contribution in [0.4, 0.5) is 0 Å². The summed E-state index contributed by atoms with van der Waals surface area (Å²) in [5.74, 6) is -1.20. The molecule has 2 aromatic heterocycles. The minimum atomic E-state index is -1.20. The summed E-state index contributed by atoms with van der Waals surface area (Å²) in [5, 5.41) is 9.63. The number of nitrogens with zero attached hydrogens (tertiary/aromatic N) is 2. The molecule has 2 heterocycles. The van der Waals surface area contributed by atoms with Crippen LogP contribution in [0.25, 0.3) is 11.0 Å². The van der Waals surface area contributed by atoms with Crippen LogP contribution in [0.2, 0.25) is 0 Å². The lowest BCUT2D eigenvalue weighted by Crippen LogP contribution is -2.26. The maximum absolute atomic E-state index is 12.2. The predicted molar refractivity (Wildman–Crippen MR) is 81.3 cm³/mol. The molecular formula is C16H18N2O4. The number of aromatic carboxylic acids is 1. The van der Waals surface area contributed by atoms with E-state index in [2.05, 4.69) is 4.98 Å². The third kappa shape index (κ3) is 2.50. The fourth-order valence-corrected chi connectivity index (χ4v) is 3.17. The van der Waals surface area contributed by atoms with Gasteiger partial charge in [0.05, 0.1) is 11.5 Å². The third-order valence-corrected chi connectivity index (χ3v) is 4.39. The lowest BCUT2D eigenvalue weighted by Gasteiger charge is -2.30. The minimum absolute atomic E-state index is 0.141. The number of carboxylic acid groups (broad SMARTS) is 1. The molecule has 0 aliphatic heterocycles. The molecule has 0 spiro atoms. The van der Waals surface area contributed by atoms with Crippen molar-refractivity contribution in [2.45, 2.75) is 37.8 Å². The van der Waals surface area contributed by atoms with E-state index in [1.807, 2.05) is 4.57 Å². The van der Waals surface area contributed by atoms with Crippen molar-refractivity contribution in [2.75, 3.05) is 7.11 Å². The first-order chi connectivity index (χ1) is 10.6. The fraction of sp³-hybridized carbons (Fsp3) is 0.438. The number of aromatic nitrogens is 2. The Bertz CT molecular complexity index is 760. The van der Waals surface area contributed by atoms with Gasteiger partial charge >= 0.3 is 5.97 Å². The molecule has 1 aliphatic rings. The van der Waals surface area contributed by atoms with Crippen LogP contribution in [0.1, 0.15) is 42.1 Å². The number of hydrogen-bond donors (Lipinski definition) is 1. The minimum Gasteiger partial charge on any atom is -0.477 e. The standard InChI is InChI=1S/C16H18N2O4/c1-22-11-6-4-10(5-7-11)18-9-13(16(20)21)14(19)12-3-2-8-17-15(12)18/h2-3,8-11H,4-7H2,1H3,(H,20,21)/t10-,11-. The molecule has 1 aliphatic carbocycles. The third-order valence-electron chi connectivity index (χ3n) is 4.39. The van der Waals surface area contributed by atoms with Crippen molar-refractivity contribution in [3.8, 4) is 0 Å². The maximum Gasteiger partial charge on any atom is 0.341 e. The van der Waals surface area contributed by atoms with E-state index in [1.165, 1.54) is 6.20 Å². The van der Waals surface area contributed by atoms with Gasteiger partial charge in [0.25, 0.3) is 0 Å². The van der Waals surface area contributed by atoms with Gasteiger partial charge in [-0.15, -0.1) is 0 Å². The van der Waals surface area contributed by atoms with Gasteiger partial charge in [0.1, 0.15) is 11.2 Å². The molecule has 0 amide bonds. The zero-order valence-electron chi connectivity index (χ0n) is 12.4. The van der Waals surface area contributed by atoms with E-state index in [9.17, 15) is 14.7 Å². The van der Waals surface area contributed by atoms with Gasteiger partial charge in [0.2, 0.25) is 5.43 Å². The lowest BCUT2D eigenvalue weighted by atomic mass is 9.92. The van der Waals surface area contributed by atoms with E-state index in [4.69, 9.17) is 4.74 Å². The van der Waals surface area contributed by atoms with Gasteiger partial charge in [-0.3, -0.25) is 4.79 Å². The Morgan fingerprint density at radius 2 is 2.09 bits per heavy atom. The topological polar surface area (TPSA) is 81.4 Å². The van der Waals surface area contributed by atoms with Crippen LogP contribution >= 0.6 is 0 Å². The van der Waals surface area contributed by atoms with Crippen LogP contribution < -0.4 is 5.43 Å². The zero-order chi connectivity index (χ0) is 15.7. The molecule has 0 atom stereocenters. The molecule has 116 valence electrons. The van der Waals surface area contributed by atoms with E-state index >= 15 is 0 Å². The molecule has 0 unspecified atom stereocenters. The first-order valence-corrected chi connectivity index (χ1v) is 7.37. The largest absolute Gasteiger partial charge is 0.477 e. The first kappa shape index (κ1) is 14.7. The monoisotopic (exact) mass is 302 g/mol. The molecule has 3 rings (SSSR count). The molecule has 6 nitrogen and oxygen atoms in total. The Balaban J connectivity index is 2.11. The van der Waals surface area contributed by atoms with Crippen molar-refractivity contribution in [1.82, 2.24) is 9.55 Å². The van der Waals surface area contributed by atoms with E-state index < -0.39 is 11.4 Å². The normalized spacial score (nSPS) is 21.9. The van der Waals surface area contributed by atoms with E-state index in [-0.39, 0.29) is 17.7 Å². The van der Waals surface area contributed by atoms with Crippen LogP contribution in [0.5, 0.6) is 0 Å². The summed E-state index contributed by atoms with van der Waals surface area (Å²) >= 11 is 0. The Hall–Kier alpha value is -2.21. The molecule has 0 saturated heterocycles. The van der Waals surface area contributed by atoms with Gasteiger partial charge in [0, 0.05) is 25.5 Å². The van der Waals surface area contributed by atoms with Crippen LogP contribution in [0.15, 0.2) is 29.3 Å². The molecule has 0 bridgehead atoms. The Morgan fingerprint density at radius 1 is 1.36 bits per heavy atom. The molecular weight excluding hydrogens is 284 g/mol. The molecule has 0 radical (unpaired) electrons. The molecule has 1 fully saturated rings. The average Bonchev–Trinajstić information content (AvgIpc) is 2.55. The highest BCUT2D eigenvalue weighted by Crippen LogP contribution is 2.31. The number of hydrogen-bond acceptors (Lipinski definition) is 4. The molecule has 2 aromatic rings. The summed E-state index contributed by atoms with van der Waals surface area (Å²) in [6.45, 7) is 0. The van der Waals surface area contributed by atoms with Crippen molar-refractivity contribution >= 4 is 17.0 Å². The van der Waals surface area contributed by atoms with Gasteiger partial charge in [0.15, 0.2) is 0 Å². The van der Waals surface area contributed by atoms with Crippen molar-refractivity contribution in [2.24, 2.45) is 0 Å². The van der Waals surface area contributed by atoms with Gasteiger partial charge in [-0.1, -0.05) is 0 Å². The number of pyridine rings is 2. The summed E-state index contributed by atoms with van der Waals surface area (Å²) in [4.78, 5) is 27.9. The quantitative estimate of drug-likeness (QED) is 0.940. The lowest BCUT2D eigenvalue weighted by molar-refractivity contribution is 0.0585. The van der Waals surface area contributed by atoms with Gasteiger partial charge in [-0.2, -0.15) is 0 Å². The number of fused-ring (bicyclic) bond motifs is 1. The Morgan fingerprint density at radius 3 is 2.73 bits per heavy atom. The number of ether oxygens (including phenoxy) is 1. The fourth-order valence-electron chi connectivity index (χ4n) is 3.17. The molecule has 6 heteroatoms. The number of carboxylic acids is 1. The van der Waals surface area contributed by atoms with Crippen molar-refractivity contribution in [1.29, 1.82) is 0 Å². The van der Waals surface area contributed by atoms with Gasteiger partial charge < -0.3 is 14.4 Å².